The van der Waals surface area contributed by atoms with Gasteiger partial charge in [-0.15, -0.1) is 0 Å². The Labute approximate surface area is 161 Å². The van der Waals surface area contributed by atoms with Crippen LogP contribution in [0.1, 0.15) is 40.5 Å². The summed E-state index contributed by atoms with van der Waals surface area (Å²) in [4.78, 5) is 32.9. The minimum Gasteiger partial charge on any atom is -0.324 e. The van der Waals surface area contributed by atoms with Gasteiger partial charge in [0.1, 0.15) is 0 Å². The number of halogens is 4. The fourth-order valence-electron chi connectivity index (χ4n) is 1.99. The highest BCUT2D eigenvalue weighted by Gasteiger charge is 2.58. The van der Waals surface area contributed by atoms with Crippen LogP contribution in [0.15, 0.2) is 0 Å². The van der Waals surface area contributed by atoms with Crippen molar-refractivity contribution in [2.45, 2.75) is 64.1 Å². The first-order valence-corrected chi connectivity index (χ1v) is 12.0. The summed E-state index contributed by atoms with van der Waals surface area (Å²) in [5.41, 5.74) is -3.07. The van der Waals surface area contributed by atoms with Gasteiger partial charge in [0, 0.05) is 5.54 Å². The van der Waals surface area contributed by atoms with Crippen molar-refractivity contribution in [2.24, 2.45) is 0 Å². The molecule has 170 valence electrons. The average Bonchev–Trinajstić information content (AvgIpc) is 2.59. The molecule has 0 aliphatic heterocycles. The van der Waals surface area contributed by atoms with Crippen LogP contribution in [-0.4, -0.2) is 56.4 Å². The van der Waals surface area contributed by atoms with Crippen LogP contribution in [0.25, 0.3) is 0 Å². The normalized spacial score (nSPS) is 16.8. The Balaban J connectivity index is 5.99. The van der Waals surface area contributed by atoms with Gasteiger partial charge in [0.05, 0.1) is 25.5 Å². The summed E-state index contributed by atoms with van der Waals surface area (Å²) in [5, 5.41) is 0. The first kappa shape index (κ1) is 27.8. The molecule has 0 saturated carbocycles. The lowest BCUT2D eigenvalue weighted by molar-refractivity contribution is -0.363. The van der Waals surface area contributed by atoms with Gasteiger partial charge in [-0.25, -0.2) is 32.8 Å². The van der Waals surface area contributed by atoms with Crippen LogP contribution in [0.3, 0.4) is 0 Å². The quantitative estimate of drug-likeness (QED) is 0.124. The predicted octanol–water partition coefficient (Wildman–Crippen LogP) is 3.45. The van der Waals surface area contributed by atoms with E-state index in [4.69, 9.17) is 28.4 Å². The van der Waals surface area contributed by atoms with Crippen LogP contribution in [-0.2, 0) is 33.0 Å². The van der Waals surface area contributed by atoms with Crippen LogP contribution in [0.2, 0.25) is 5.54 Å². The Morgan fingerprint density at radius 3 is 1.61 bits per heavy atom. The molecule has 0 radical (unpaired) electrons. The van der Waals surface area contributed by atoms with Crippen molar-refractivity contribution >= 4 is 16.4 Å². The van der Waals surface area contributed by atoms with E-state index in [0.717, 1.165) is 6.92 Å². The first-order chi connectivity index (χ1) is 12.8. The maximum absolute atomic E-state index is 13.8. The van der Waals surface area contributed by atoms with E-state index in [1.807, 2.05) is 0 Å². The first-order valence-electron chi connectivity index (χ1n) is 8.51. The van der Waals surface area contributed by atoms with Gasteiger partial charge in [-0.1, -0.05) is 6.92 Å². The maximum atomic E-state index is 13.8. The number of hydrogen-bond acceptors (Lipinski definition) is 7. The van der Waals surface area contributed by atoms with E-state index in [2.05, 4.69) is 0 Å². The van der Waals surface area contributed by atoms with Crippen LogP contribution in [0.5, 0.6) is 0 Å². The third-order valence-electron chi connectivity index (χ3n) is 3.43. The summed E-state index contributed by atoms with van der Waals surface area (Å²) in [6, 6.07) is 0. The molecule has 0 aliphatic carbocycles. The van der Waals surface area contributed by atoms with E-state index >= 15 is 0 Å². The summed E-state index contributed by atoms with van der Waals surface area (Å²) in [7, 11) is -9.23. The van der Waals surface area contributed by atoms with Gasteiger partial charge in [-0.05, 0) is 33.6 Å². The molecule has 2 N–H and O–H groups in total. The van der Waals surface area contributed by atoms with Crippen LogP contribution in [0, 0.1) is 0 Å². The molecule has 9 nitrogen and oxygen atoms in total. The van der Waals surface area contributed by atoms with Gasteiger partial charge in [-0.3, -0.25) is 4.57 Å². The average molecular weight is 462 g/mol. The van der Waals surface area contributed by atoms with Crippen molar-refractivity contribution in [3.63, 3.8) is 0 Å². The summed E-state index contributed by atoms with van der Waals surface area (Å²) >= 11 is 0. The van der Waals surface area contributed by atoms with Crippen molar-refractivity contribution < 1.29 is 60.3 Å². The van der Waals surface area contributed by atoms with E-state index in [9.17, 15) is 31.9 Å². The molecule has 0 rings (SSSR count). The molecule has 28 heavy (non-hydrogen) atoms. The lowest BCUT2D eigenvalue weighted by Crippen LogP contribution is -2.52. The fraction of sp³-hybridized carbons (Fsp3) is 1.00. The van der Waals surface area contributed by atoms with E-state index in [1.165, 1.54) is 20.8 Å². The SMILES string of the molecule is CCOO[Si](OOCC)(OOCC)C(CC(F)C(F)(F)F)CC(C)P(=O)(O)O. The summed E-state index contributed by atoms with van der Waals surface area (Å²) in [6.07, 6.45) is -10.5. The second-order valence-corrected chi connectivity index (χ2v) is 10.3. The summed E-state index contributed by atoms with van der Waals surface area (Å²) < 4.78 is 78.8. The van der Waals surface area contributed by atoms with Gasteiger partial charge >= 0.3 is 22.6 Å². The summed E-state index contributed by atoms with van der Waals surface area (Å²) in [6.45, 7) is 5.30. The molecule has 0 aliphatic rings. The van der Waals surface area contributed by atoms with Gasteiger partial charge in [0.25, 0.3) is 0 Å². The highest BCUT2D eigenvalue weighted by Crippen LogP contribution is 2.48. The predicted molar refractivity (Wildman–Crippen MR) is 89.3 cm³/mol. The molecule has 3 atom stereocenters. The Kier molecular flexibility index (Phi) is 12.5. The third kappa shape index (κ3) is 9.56. The molecular formula is C13H27F4O9PSi. The molecule has 0 amide bonds. The Morgan fingerprint density at radius 2 is 1.32 bits per heavy atom. The third-order valence-corrected chi connectivity index (χ3v) is 7.31. The standard InChI is InChI=1S/C13H27F4O9PSi/c1-5-21-24-28(25-22-6-2,26-23-7-3)11(8-10(4)27(18,19)20)9-12(14)13(15,16)17/h10-12H,5-9H2,1-4H3,(H2,18,19,20). The van der Waals surface area contributed by atoms with E-state index < -0.39 is 52.8 Å². The molecular weight excluding hydrogens is 435 g/mol. The molecule has 0 aromatic carbocycles. The zero-order valence-corrected chi connectivity index (χ0v) is 17.9. The Bertz CT molecular complexity index is 458. The van der Waals surface area contributed by atoms with Crippen LogP contribution in [0.4, 0.5) is 17.6 Å². The van der Waals surface area contributed by atoms with E-state index in [-0.39, 0.29) is 19.8 Å². The van der Waals surface area contributed by atoms with Crippen molar-refractivity contribution in [3.8, 4) is 0 Å². The monoisotopic (exact) mass is 462 g/mol. The molecule has 15 heteroatoms. The number of alkyl halides is 4. The largest absolute Gasteiger partial charge is 0.587 e. The topological polar surface area (TPSA) is 113 Å². The van der Waals surface area contributed by atoms with E-state index in [1.54, 1.807) is 0 Å². The highest BCUT2D eigenvalue weighted by molar-refractivity contribution is 7.52. The zero-order chi connectivity index (χ0) is 22.0. The molecule has 0 spiro atoms. The van der Waals surface area contributed by atoms with Gasteiger partial charge < -0.3 is 9.79 Å². The van der Waals surface area contributed by atoms with Crippen molar-refractivity contribution in [2.75, 3.05) is 19.8 Å². The summed E-state index contributed by atoms with van der Waals surface area (Å²) in [5.74, 6) is 0. The van der Waals surface area contributed by atoms with Gasteiger partial charge in [-0.2, -0.15) is 13.2 Å². The van der Waals surface area contributed by atoms with Crippen LogP contribution < -0.4 is 0 Å². The minimum absolute atomic E-state index is 0.0845. The molecule has 0 aromatic rings. The fourth-order valence-corrected chi connectivity index (χ4v) is 5.19. The highest BCUT2D eigenvalue weighted by atomic mass is 31.2. The molecule has 0 bridgehead atoms. The lowest BCUT2D eigenvalue weighted by Gasteiger charge is -2.34. The van der Waals surface area contributed by atoms with Gasteiger partial charge in [0.2, 0.25) is 0 Å². The molecule has 0 aromatic heterocycles. The van der Waals surface area contributed by atoms with E-state index in [0.29, 0.717) is 0 Å². The molecule has 0 fully saturated rings. The van der Waals surface area contributed by atoms with Crippen LogP contribution >= 0.6 is 7.60 Å². The Hall–Kier alpha value is -0.153. The van der Waals surface area contributed by atoms with Crippen molar-refractivity contribution in [1.82, 2.24) is 0 Å². The second kappa shape index (κ2) is 12.5. The minimum atomic E-state index is -5.22. The number of hydrogen-bond donors (Lipinski definition) is 2. The molecule has 3 unspecified atom stereocenters. The van der Waals surface area contributed by atoms with Crippen molar-refractivity contribution in [3.05, 3.63) is 0 Å². The Morgan fingerprint density at radius 1 is 0.929 bits per heavy atom. The number of rotatable bonds is 15. The molecule has 0 saturated heterocycles. The molecule has 0 heterocycles. The second-order valence-electron chi connectivity index (χ2n) is 5.69. The van der Waals surface area contributed by atoms with Gasteiger partial charge in [0.15, 0.2) is 6.17 Å². The van der Waals surface area contributed by atoms with Crippen molar-refractivity contribution in [1.29, 1.82) is 0 Å². The lowest BCUT2D eigenvalue weighted by atomic mass is 10.1. The maximum Gasteiger partial charge on any atom is 0.587 e. The smallest absolute Gasteiger partial charge is 0.324 e. The zero-order valence-electron chi connectivity index (χ0n) is 16.0.